The molecule has 3 unspecified atom stereocenters. The summed E-state index contributed by atoms with van der Waals surface area (Å²) in [5, 5.41) is 0. The summed E-state index contributed by atoms with van der Waals surface area (Å²) >= 11 is 0. The second-order valence-electron chi connectivity index (χ2n) is 10.4. The molecule has 0 saturated heterocycles. The first kappa shape index (κ1) is 36.2. The van der Waals surface area contributed by atoms with Crippen LogP contribution >= 0.6 is 0 Å². The molecule has 0 fully saturated rings. The second-order valence-corrected chi connectivity index (χ2v) is 10.4. The maximum atomic E-state index is 12.7. The summed E-state index contributed by atoms with van der Waals surface area (Å²) in [5.74, 6) is -1.67. The number of benzene rings is 3. The first-order valence-corrected chi connectivity index (χ1v) is 15.4. The first-order chi connectivity index (χ1) is 22.6. The predicted molar refractivity (Wildman–Crippen MR) is 177 cm³/mol. The Morgan fingerprint density at radius 1 is 0.511 bits per heavy atom. The Labute approximate surface area is 276 Å². The topological polar surface area (TPSA) is 107 Å². The van der Waals surface area contributed by atoms with Crippen LogP contribution in [0.2, 0.25) is 0 Å². The van der Waals surface area contributed by atoms with E-state index >= 15 is 0 Å². The van der Waals surface area contributed by atoms with Crippen LogP contribution in [0, 0.1) is 0 Å². The standard InChI is InChI=1S/C38H42O9/c1-7-22-42-26(4)45-36(39)32-12-10-29(11-13-32)25-35(30-14-18-33(19-15-30)37(40)46-27(5)43-23-8-2)31-16-20-34(21-17-31)38(41)47-28(6)44-24-9-3/h7-24,26-28,35H,25H2,1-6H3/b22-7-,23-8-,24-9-. The largest absolute Gasteiger partial charge is 0.463 e. The lowest BCUT2D eigenvalue weighted by Crippen LogP contribution is -2.17. The molecule has 0 aromatic heterocycles. The molecule has 3 rings (SSSR count). The van der Waals surface area contributed by atoms with Crippen LogP contribution in [0.5, 0.6) is 0 Å². The normalized spacial score (nSPS) is 13.9. The Balaban J connectivity index is 1.84. The van der Waals surface area contributed by atoms with E-state index in [4.69, 9.17) is 28.4 Å². The van der Waals surface area contributed by atoms with Gasteiger partial charge in [-0.25, -0.2) is 14.4 Å². The number of ether oxygens (including phenoxy) is 6. The van der Waals surface area contributed by atoms with Crippen molar-refractivity contribution < 1.29 is 42.8 Å². The highest BCUT2D eigenvalue weighted by Crippen LogP contribution is 2.30. The molecule has 0 aliphatic carbocycles. The Kier molecular flexibility index (Phi) is 14.3. The summed E-state index contributed by atoms with van der Waals surface area (Å²) in [5.41, 5.74) is 3.98. The zero-order valence-electron chi connectivity index (χ0n) is 27.6. The minimum atomic E-state index is -0.738. The van der Waals surface area contributed by atoms with Gasteiger partial charge in [-0.05, 0) is 80.3 Å². The third kappa shape index (κ3) is 11.5. The summed E-state index contributed by atoms with van der Waals surface area (Å²) in [6, 6.07) is 21.5. The molecule has 248 valence electrons. The summed E-state index contributed by atoms with van der Waals surface area (Å²) in [6.45, 7) is 10.3. The van der Waals surface area contributed by atoms with E-state index in [0.29, 0.717) is 23.1 Å². The summed E-state index contributed by atoms with van der Waals surface area (Å²) < 4.78 is 31.9. The van der Waals surface area contributed by atoms with Gasteiger partial charge in [0.05, 0.1) is 35.5 Å². The monoisotopic (exact) mass is 642 g/mol. The van der Waals surface area contributed by atoms with Gasteiger partial charge in [0.25, 0.3) is 0 Å². The van der Waals surface area contributed by atoms with Gasteiger partial charge in [-0.15, -0.1) is 0 Å². The van der Waals surface area contributed by atoms with Crippen molar-refractivity contribution in [1.29, 1.82) is 0 Å². The van der Waals surface area contributed by atoms with Crippen LogP contribution in [-0.2, 0) is 34.8 Å². The summed E-state index contributed by atoms with van der Waals surface area (Å²) in [6.07, 6.45) is 7.86. The molecule has 9 nitrogen and oxygen atoms in total. The smallest absolute Gasteiger partial charge is 0.341 e. The zero-order valence-corrected chi connectivity index (χ0v) is 27.6. The molecular formula is C38H42O9. The van der Waals surface area contributed by atoms with Gasteiger partial charge in [-0.1, -0.05) is 54.6 Å². The predicted octanol–water partition coefficient (Wildman–Crippen LogP) is 8.22. The Hall–Kier alpha value is -5.31. The molecule has 0 bridgehead atoms. The van der Waals surface area contributed by atoms with Gasteiger partial charge < -0.3 is 28.4 Å². The molecular weight excluding hydrogens is 600 g/mol. The number of carbonyl (C=O) groups is 3. The van der Waals surface area contributed by atoms with E-state index in [0.717, 1.165) is 16.7 Å². The van der Waals surface area contributed by atoms with Crippen LogP contribution in [-0.4, -0.2) is 36.8 Å². The van der Waals surface area contributed by atoms with Crippen LogP contribution in [0.25, 0.3) is 0 Å². The van der Waals surface area contributed by atoms with Crippen LogP contribution in [0.1, 0.15) is 95.2 Å². The lowest BCUT2D eigenvalue weighted by atomic mass is 9.85. The lowest BCUT2D eigenvalue weighted by molar-refractivity contribution is -0.0611. The molecule has 0 heterocycles. The van der Waals surface area contributed by atoms with Crippen molar-refractivity contribution in [3.63, 3.8) is 0 Å². The van der Waals surface area contributed by atoms with Gasteiger partial charge in [-0.3, -0.25) is 0 Å². The summed E-state index contributed by atoms with van der Waals surface area (Å²) in [4.78, 5) is 37.9. The molecule has 0 saturated carbocycles. The number of hydrogen-bond acceptors (Lipinski definition) is 9. The molecule has 0 aliphatic heterocycles. The van der Waals surface area contributed by atoms with Crippen molar-refractivity contribution in [1.82, 2.24) is 0 Å². The molecule has 0 amide bonds. The van der Waals surface area contributed by atoms with Gasteiger partial charge in [-0.2, -0.15) is 0 Å². The average Bonchev–Trinajstić information content (AvgIpc) is 3.08. The van der Waals surface area contributed by atoms with Crippen molar-refractivity contribution >= 4 is 17.9 Å². The number of rotatable bonds is 16. The molecule has 3 aromatic rings. The highest BCUT2D eigenvalue weighted by atomic mass is 16.7. The Bertz CT molecular complexity index is 1440. The molecule has 3 atom stereocenters. The van der Waals surface area contributed by atoms with Crippen LogP contribution in [0.15, 0.2) is 110 Å². The number of carbonyl (C=O) groups excluding carboxylic acids is 3. The highest BCUT2D eigenvalue weighted by molar-refractivity contribution is 5.90. The van der Waals surface area contributed by atoms with E-state index < -0.39 is 36.8 Å². The van der Waals surface area contributed by atoms with E-state index in [1.165, 1.54) is 18.8 Å². The lowest BCUT2D eigenvalue weighted by Gasteiger charge is -2.20. The van der Waals surface area contributed by atoms with Crippen molar-refractivity contribution in [3.8, 4) is 0 Å². The first-order valence-electron chi connectivity index (χ1n) is 15.4. The van der Waals surface area contributed by atoms with Gasteiger partial charge in [0.15, 0.2) is 0 Å². The van der Waals surface area contributed by atoms with Crippen molar-refractivity contribution in [2.24, 2.45) is 0 Å². The van der Waals surface area contributed by atoms with Crippen LogP contribution in [0.3, 0.4) is 0 Å². The van der Waals surface area contributed by atoms with Gasteiger partial charge in [0.2, 0.25) is 18.9 Å². The third-order valence-electron chi connectivity index (χ3n) is 6.76. The molecule has 0 N–H and O–H groups in total. The molecule has 47 heavy (non-hydrogen) atoms. The molecule has 0 spiro atoms. The van der Waals surface area contributed by atoms with Crippen LogP contribution in [0.4, 0.5) is 0 Å². The SMILES string of the molecule is C/C=C\OC(C)OC(=O)c1ccc(CC(c2ccc(C(=O)OC(C)O/C=C\C)cc2)c2ccc(C(=O)OC(C)O/C=C\C)cc2)cc1. The van der Waals surface area contributed by atoms with E-state index in [2.05, 4.69) is 0 Å². The fourth-order valence-corrected chi connectivity index (χ4v) is 4.45. The van der Waals surface area contributed by atoms with E-state index in [9.17, 15) is 14.4 Å². The van der Waals surface area contributed by atoms with E-state index in [1.807, 2.05) is 36.4 Å². The maximum Gasteiger partial charge on any atom is 0.341 e. The van der Waals surface area contributed by atoms with Crippen LogP contribution < -0.4 is 0 Å². The zero-order chi connectivity index (χ0) is 34.2. The van der Waals surface area contributed by atoms with E-state index in [-0.39, 0.29) is 5.92 Å². The van der Waals surface area contributed by atoms with Crippen molar-refractivity contribution in [3.05, 3.63) is 143 Å². The van der Waals surface area contributed by atoms with Gasteiger partial charge in [0.1, 0.15) is 0 Å². The minimum Gasteiger partial charge on any atom is -0.463 e. The third-order valence-corrected chi connectivity index (χ3v) is 6.76. The quantitative estimate of drug-likeness (QED) is 0.0661. The second kappa shape index (κ2) is 18.6. The fraction of sp³-hybridized carbons (Fsp3) is 0.289. The maximum absolute atomic E-state index is 12.7. The molecule has 9 heteroatoms. The summed E-state index contributed by atoms with van der Waals surface area (Å²) in [7, 11) is 0. The fourth-order valence-electron chi connectivity index (χ4n) is 4.45. The van der Waals surface area contributed by atoms with Gasteiger partial charge in [0, 0.05) is 26.7 Å². The minimum absolute atomic E-state index is 0.161. The number of esters is 3. The van der Waals surface area contributed by atoms with Crippen molar-refractivity contribution in [2.45, 2.75) is 72.8 Å². The molecule has 0 aliphatic rings. The average molecular weight is 643 g/mol. The number of hydrogen-bond donors (Lipinski definition) is 0. The molecule has 3 aromatic carbocycles. The van der Waals surface area contributed by atoms with Gasteiger partial charge >= 0.3 is 17.9 Å². The molecule has 0 radical (unpaired) electrons. The van der Waals surface area contributed by atoms with Crippen molar-refractivity contribution in [2.75, 3.05) is 0 Å². The highest BCUT2D eigenvalue weighted by Gasteiger charge is 2.20. The Morgan fingerprint density at radius 3 is 1.11 bits per heavy atom. The van der Waals surface area contributed by atoms with E-state index in [1.54, 1.807) is 96.2 Å². The number of allylic oxidation sites excluding steroid dienone is 3. The Morgan fingerprint density at radius 2 is 0.809 bits per heavy atom.